The van der Waals surface area contributed by atoms with Gasteiger partial charge in [-0.15, -0.1) is 0 Å². The van der Waals surface area contributed by atoms with E-state index in [1.807, 2.05) is 6.92 Å². The molecule has 1 aromatic heterocycles. The number of rotatable bonds is 6. The van der Waals surface area contributed by atoms with Crippen molar-refractivity contribution in [3.63, 3.8) is 0 Å². The number of pyridine rings is 1. The molecule has 0 fully saturated rings. The van der Waals surface area contributed by atoms with Crippen LogP contribution >= 0.6 is 0 Å². The van der Waals surface area contributed by atoms with Crippen LogP contribution in [0.1, 0.15) is 24.2 Å². The molecule has 1 heterocycles. The molecule has 0 bridgehead atoms. The molecule has 1 N–H and O–H groups in total. The number of aliphatic hydroxyl groups is 1. The van der Waals surface area contributed by atoms with Gasteiger partial charge in [-0.3, -0.25) is 4.98 Å². The smallest absolute Gasteiger partial charge is 0.137 e. The zero-order chi connectivity index (χ0) is 15.2. The summed E-state index contributed by atoms with van der Waals surface area (Å²) >= 11 is 0. The third kappa shape index (κ3) is 3.44. The fourth-order valence-corrected chi connectivity index (χ4v) is 2.05. The average molecular weight is 289 g/mol. The predicted octanol–water partition coefficient (Wildman–Crippen LogP) is 2.58. The van der Waals surface area contributed by atoms with Gasteiger partial charge in [0, 0.05) is 23.4 Å². The second kappa shape index (κ2) is 6.95. The van der Waals surface area contributed by atoms with Crippen molar-refractivity contribution in [2.24, 2.45) is 0 Å². The van der Waals surface area contributed by atoms with Gasteiger partial charge in [0.1, 0.15) is 23.4 Å². The molecule has 0 amide bonds. The lowest BCUT2D eigenvalue weighted by Gasteiger charge is -2.16. The highest BCUT2D eigenvalue weighted by Crippen LogP contribution is 2.33. The number of nitrogens with zero attached hydrogens (tertiary/aromatic N) is 1. The molecule has 1 unspecified atom stereocenters. The molecule has 1 atom stereocenters. The molecule has 5 nitrogen and oxygen atoms in total. The van der Waals surface area contributed by atoms with Gasteiger partial charge < -0.3 is 19.3 Å². The predicted molar refractivity (Wildman–Crippen MR) is 79.0 cm³/mol. The maximum absolute atomic E-state index is 10.5. The van der Waals surface area contributed by atoms with Gasteiger partial charge >= 0.3 is 0 Å². The Bertz CT molecular complexity index is 601. The fourth-order valence-electron chi connectivity index (χ4n) is 2.05. The Morgan fingerprint density at radius 1 is 1.10 bits per heavy atom. The van der Waals surface area contributed by atoms with Crippen molar-refractivity contribution in [1.29, 1.82) is 0 Å². The first-order valence-electron chi connectivity index (χ1n) is 6.67. The highest BCUT2D eigenvalue weighted by atomic mass is 16.5. The molecule has 0 aliphatic rings. The van der Waals surface area contributed by atoms with E-state index in [0.29, 0.717) is 35.0 Å². The topological polar surface area (TPSA) is 60.8 Å². The summed E-state index contributed by atoms with van der Waals surface area (Å²) in [5, 5.41) is 10.5. The van der Waals surface area contributed by atoms with Gasteiger partial charge in [-0.25, -0.2) is 0 Å². The number of aliphatic hydroxyl groups excluding tert-OH is 1. The highest BCUT2D eigenvalue weighted by Gasteiger charge is 2.17. The van der Waals surface area contributed by atoms with Crippen LogP contribution in [0.4, 0.5) is 0 Å². The van der Waals surface area contributed by atoms with E-state index >= 15 is 0 Å². The molecular weight excluding hydrogens is 270 g/mol. The summed E-state index contributed by atoms with van der Waals surface area (Å²) in [5.74, 6) is 1.86. The van der Waals surface area contributed by atoms with Gasteiger partial charge in [-0.1, -0.05) is 0 Å². The minimum atomic E-state index is -0.848. The monoisotopic (exact) mass is 289 g/mol. The molecule has 112 valence electrons. The second-order valence-corrected chi connectivity index (χ2v) is 4.40. The first-order valence-corrected chi connectivity index (χ1v) is 6.67. The third-order valence-electron chi connectivity index (χ3n) is 3.10. The van der Waals surface area contributed by atoms with Crippen LogP contribution in [0.15, 0.2) is 36.7 Å². The summed E-state index contributed by atoms with van der Waals surface area (Å²) in [6.45, 7) is 2.45. The van der Waals surface area contributed by atoms with Crippen molar-refractivity contribution in [3.05, 3.63) is 47.8 Å². The zero-order valence-electron chi connectivity index (χ0n) is 12.4. The highest BCUT2D eigenvalue weighted by molar-refractivity contribution is 5.45. The normalized spacial score (nSPS) is 11.8. The summed E-state index contributed by atoms with van der Waals surface area (Å²) < 4.78 is 15.9. The minimum Gasteiger partial charge on any atom is -0.497 e. The molecule has 0 aliphatic carbocycles. The summed E-state index contributed by atoms with van der Waals surface area (Å²) in [4.78, 5) is 4.09. The Morgan fingerprint density at radius 2 is 1.90 bits per heavy atom. The van der Waals surface area contributed by atoms with Crippen molar-refractivity contribution < 1.29 is 19.3 Å². The van der Waals surface area contributed by atoms with E-state index in [1.54, 1.807) is 50.9 Å². The molecule has 1 aromatic carbocycles. The number of hydrogen-bond acceptors (Lipinski definition) is 5. The maximum Gasteiger partial charge on any atom is 0.137 e. The van der Waals surface area contributed by atoms with Crippen LogP contribution in [0.25, 0.3) is 0 Å². The Balaban J connectivity index is 2.34. The summed E-state index contributed by atoms with van der Waals surface area (Å²) in [7, 11) is 3.14. The zero-order valence-corrected chi connectivity index (χ0v) is 12.4. The number of hydrogen-bond donors (Lipinski definition) is 1. The van der Waals surface area contributed by atoms with Gasteiger partial charge in [-0.2, -0.15) is 0 Å². The van der Waals surface area contributed by atoms with E-state index in [2.05, 4.69) is 4.98 Å². The van der Waals surface area contributed by atoms with Crippen molar-refractivity contribution in [2.45, 2.75) is 13.0 Å². The molecular formula is C16H19NO4. The van der Waals surface area contributed by atoms with Crippen LogP contribution in [0.3, 0.4) is 0 Å². The van der Waals surface area contributed by atoms with Gasteiger partial charge in [0.25, 0.3) is 0 Å². The molecule has 21 heavy (non-hydrogen) atoms. The molecule has 0 aliphatic heterocycles. The van der Waals surface area contributed by atoms with Crippen molar-refractivity contribution in [2.75, 3.05) is 20.8 Å². The standard InChI is InChI=1S/C16H19NO4/c1-4-21-13-7-11(9-17-10-13)16(18)14-6-5-12(19-2)8-15(14)20-3/h5-10,16,18H,4H2,1-3H3. The third-order valence-corrected chi connectivity index (χ3v) is 3.10. The van der Waals surface area contributed by atoms with Crippen LogP contribution in [0, 0.1) is 0 Å². The number of aromatic nitrogens is 1. The van der Waals surface area contributed by atoms with E-state index in [0.717, 1.165) is 0 Å². The molecule has 0 radical (unpaired) electrons. The van der Waals surface area contributed by atoms with E-state index in [1.165, 1.54) is 0 Å². The van der Waals surface area contributed by atoms with Gasteiger partial charge in [0.2, 0.25) is 0 Å². The minimum absolute atomic E-state index is 0.549. The Morgan fingerprint density at radius 3 is 2.57 bits per heavy atom. The molecule has 0 spiro atoms. The average Bonchev–Trinajstić information content (AvgIpc) is 2.54. The van der Waals surface area contributed by atoms with E-state index in [4.69, 9.17) is 14.2 Å². The quantitative estimate of drug-likeness (QED) is 0.885. The number of methoxy groups -OCH3 is 2. The van der Waals surface area contributed by atoms with Crippen LogP contribution in [-0.4, -0.2) is 30.9 Å². The number of ether oxygens (including phenoxy) is 3. The Hall–Kier alpha value is -2.27. The molecule has 0 saturated heterocycles. The lowest BCUT2D eigenvalue weighted by atomic mass is 10.0. The first kappa shape index (κ1) is 15.1. The second-order valence-electron chi connectivity index (χ2n) is 4.40. The SMILES string of the molecule is CCOc1cncc(C(O)c2ccc(OC)cc2OC)c1. The number of benzene rings is 1. The van der Waals surface area contributed by atoms with Crippen LogP contribution < -0.4 is 14.2 Å². The van der Waals surface area contributed by atoms with Gasteiger partial charge in [0.15, 0.2) is 0 Å². The summed E-state index contributed by atoms with van der Waals surface area (Å²) in [6, 6.07) is 7.06. The Labute approximate surface area is 124 Å². The molecule has 5 heteroatoms. The summed E-state index contributed by atoms with van der Waals surface area (Å²) in [6.07, 6.45) is 2.38. The summed E-state index contributed by atoms with van der Waals surface area (Å²) in [5.41, 5.74) is 1.29. The lowest BCUT2D eigenvalue weighted by Crippen LogP contribution is -2.04. The van der Waals surface area contributed by atoms with Crippen molar-refractivity contribution >= 4 is 0 Å². The lowest BCUT2D eigenvalue weighted by molar-refractivity contribution is 0.213. The largest absolute Gasteiger partial charge is 0.497 e. The van der Waals surface area contributed by atoms with E-state index < -0.39 is 6.10 Å². The maximum atomic E-state index is 10.5. The molecule has 2 aromatic rings. The van der Waals surface area contributed by atoms with Gasteiger partial charge in [-0.05, 0) is 25.1 Å². The van der Waals surface area contributed by atoms with Crippen LogP contribution in [0.5, 0.6) is 17.2 Å². The van der Waals surface area contributed by atoms with Crippen LogP contribution in [0.2, 0.25) is 0 Å². The van der Waals surface area contributed by atoms with Gasteiger partial charge in [0.05, 0.1) is 27.0 Å². The molecule has 0 saturated carbocycles. The Kier molecular flexibility index (Phi) is 5.00. The van der Waals surface area contributed by atoms with E-state index in [9.17, 15) is 5.11 Å². The van der Waals surface area contributed by atoms with E-state index in [-0.39, 0.29) is 0 Å². The van der Waals surface area contributed by atoms with Crippen LogP contribution in [-0.2, 0) is 0 Å². The van der Waals surface area contributed by atoms with Crippen molar-refractivity contribution in [1.82, 2.24) is 4.98 Å². The fraction of sp³-hybridized carbons (Fsp3) is 0.312. The first-order chi connectivity index (χ1) is 10.2. The molecule has 2 rings (SSSR count). The van der Waals surface area contributed by atoms with Crippen molar-refractivity contribution in [3.8, 4) is 17.2 Å².